The summed E-state index contributed by atoms with van der Waals surface area (Å²) in [6, 6.07) is 13.5. The first-order valence-corrected chi connectivity index (χ1v) is 8.95. The van der Waals surface area contributed by atoms with Crippen LogP contribution < -0.4 is 10.1 Å². The highest BCUT2D eigenvalue weighted by molar-refractivity contribution is 5.89. The Morgan fingerprint density at radius 3 is 2.73 bits per heavy atom. The lowest BCUT2D eigenvalue weighted by Crippen LogP contribution is -2.33. The van der Waals surface area contributed by atoms with Gasteiger partial charge in [-0.15, -0.1) is 0 Å². The van der Waals surface area contributed by atoms with E-state index in [1.807, 2.05) is 18.2 Å². The van der Waals surface area contributed by atoms with Crippen LogP contribution in [0, 0.1) is 11.8 Å². The molecule has 2 heterocycles. The summed E-state index contributed by atoms with van der Waals surface area (Å²) in [7, 11) is 0. The number of amides is 2. The van der Waals surface area contributed by atoms with Crippen molar-refractivity contribution in [2.45, 2.75) is 13.3 Å². The highest BCUT2D eigenvalue weighted by atomic mass is 16.5. The summed E-state index contributed by atoms with van der Waals surface area (Å²) in [6.07, 6.45) is 2.42. The lowest BCUT2D eigenvalue weighted by atomic mass is 10.00. The van der Waals surface area contributed by atoms with Gasteiger partial charge >= 0.3 is 6.03 Å². The predicted octanol–water partition coefficient (Wildman–Crippen LogP) is 2.80. The second kappa shape index (κ2) is 8.67. The van der Waals surface area contributed by atoms with Gasteiger partial charge in [-0.25, -0.2) is 9.78 Å². The summed E-state index contributed by atoms with van der Waals surface area (Å²) < 4.78 is 5.65. The van der Waals surface area contributed by atoms with Crippen LogP contribution in [-0.4, -0.2) is 47.3 Å². The number of carbonyl (C=O) groups is 1. The zero-order chi connectivity index (χ0) is 18.4. The molecule has 0 saturated carbocycles. The Hall–Kier alpha value is -2.60. The van der Waals surface area contributed by atoms with Crippen molar-refractivity contribution < 1.29 is 14.6 Å². The van der Waals surface area contributed by atoms with Gasteiger partial charge in [-0.1, -0.05) is 37.3 Å². The molecule has 26 heavy (non-hydrogen) atoms. The summed E-state index contributed by atoms with van der Waals surface area (Å²) in [6.45, 7) is 3.96. The summed E-state index contributed by atoms with van der Waals surface area (Å²) in [5.41, 5.74) is 1.85. The van der Waals surface area contributed by atoms with E-state index in [1.165, 1.54) is 5.56 Å². The summed E-state index contributed by atoms with van der Waals surface area (Å²) in [5.74, 6) is 0.998. The lowest BCUT2D eigenvalue weighted by molar-refractivity contribution is 0.202. The number of aromatic nitrogens is 1. The minimum atomic E-state index is -0.160. The molecule has 138 valence electrons. The largest absolute Gasteiger partial charge is 0.477 e. The second-order valence-corrected chi connectivity index (χ2v) is 6.72. The monoisotopic (exact) mass is 355 g/mol. The minimum Gasteiger partial charge on any atom is -0.477 e. The first kappa shape index (κ1) is 18.2. The molecule has 1 aromatic heterocycles. The Kier molecular flexibility index (Phi) is 6.07. The fourth-order valence-electron chi connectivity index (χ4n) is 3.10. The molecule has 0 unspecified atom stereocenters. The molecule has 1 aliphatic rings. The van der Waals surface area contributed by atoms with Crippen molar-refractivity contribution >= 4 is 11.7 Å². The predicted molar refractivity (Wildman–Crippen MR) is 100 cm³/mol. The summed E-state index contributed by atoms with van der Waals surface area (Å²) in [5, 5.41) is 12.2. The van der Waals surface area contributed by atoms with Crippen molar-refractivity contribution in [3.63, 3.8) is 0 Å². The molecule has 0 aliphatic carbocycles. The number of hydrogen-bond acceptors (Lipinski definition) is 4. The summed E-state index contributed by atoms with van der Waals surface area (Å²) in [4.78, 5) is 18.3. The minimum absolute atomic E-state index is 0.113. The molecule has 2 atom stereocenters. The van der Waals surface area contributed by atoms with E-state index < -0.39 is 0 Å². The molecule has 3 rings (SSSR count). The quantitative estimate of drug-likeness (QED) is 0.836. The molecule has 6 heteroatoms. The van der Waals surface area contributed by atoms with Crippen LogP contribution in [0.3, 0.4) is 0 Å². The third kappa shape index (κ3) is 4.73. The van der Waals surface area contributed by atoms with Gasteiger partial charge in [-0.3, -0.25) is 0 Å². The smallest absolute Gasteiger partial charge is 0.321 e. The van der Waals surface area contributed by atoms with Crippen molar-refractivity contribution in [2.24, 2.45) is 11.8 Å². The maximum absolute atomic E-state index is 12.3. The van der Waals surface area contributed by atoms with Gasteiger partial charge in [0, 0.05) is 38.1 Å². The fraction of sp³-hybridized carbons (Fsp3) is 0.400. The van der Waals surface area contributed by atoms with Gasteiger partial charge in [0.25, 0.3) is 0 Å². The number of likely N-dealkylation sites (tertiary alicyclic amines) is 1. The highest BCUT2D eigenvalue weighted by Crippen LogP contribution is 2.23. The van der Waals surface area contributed by atoms with E-state index in [0.29, 0.717) is 37.2 Å². The van der Waals surface area contributed by atoms with Gasteiger partial charge in [0.05, 0.1) is 18.5 Å². The zero-order valence-electron chi connectivity index (χ0n) is 15.0. The van der Waals surface area contributed by atoms with Gasteiger partial charge in [-0.05, 0) is 17.5 Å². The number of rotatable bonds is 6. The first-order valence-electron chi connectivity index (χ1n) is 8.95. The average molecular weight is 355 g/mol. The molecule has 1 aliphatic heterocycles. The number of benzene rings is 1. The van der Waals surface area contributed by atoms with E-state index in [9.17, 15) is 9.90 Å². The average Bonchev–Trinajstić information content (AvgIpc) is 3.05. The molecule has 6 nitrogen and oxygen atoms in total. The van der Waals surface area contributed by atoms with Gasteiger partial charge < -0.3 is 20.1 Å². The Bertz CT molecular complexity index is 706. The lowest BCUT2D eigenvalue weighted by Gasteiger charge is -2.17. The molecular weight excluding hydrogens is 330 g/mol. The van der Waals surface area contributed by atoms with Gasteiger partial charge in [0.15, 0.2) is 0 Å². The number of carbonyl (C=O) groups excluding carboxylic acids is 1. The van der Waals surface area contributed by atoms with Crippen LogP contribution >= 0.6 is 0 Å². The molecular formula is C20H25N3O3. The molecule has 0 spiro atoms. The number of aliphatic hydroxyl groups is 1. The molecule has 2 N–H and O–H groups in total. The Morgan fingerprint density at radius 1 is 1.27 bits per heavy atom. The van der Waals surface area contributed by atoms with Gasteiger partial charge in [0.1, 0.15) is 0 Å². The molecule has 1 saturated heterocycles. The molecule has 1 fully saturated rings. The number of urea groups is 1. The molecule has 0 radical (unpaired) electrons. The van der Waals surface area contributed by atoms with Crippen LogP contribution in [0.25, 0.3) is 0 Å². The van der Waals surface area contributed by atoms with Crippen LogP contribution in [-0.2, 0) is 6.42 Å². The van der Waals surface area contributed by atoms with Crippen molar-refractivity contribution in [2.75, 3.05) is 31.6 Å². The Labute approximate surface area is 153 Å². The van der Waals surface area contributed by atoms with Crippen molar-refractivity contribution in [3.05, 3.63) is 54.2 Å². The van der Waals surface area contributed by atoms with Crippen molar-refractivity contribution in [3.8, 4) is 5.88 Å². The van der Waals surface area contributed by atoms with E-state index in [0.717, 1.165) is 6.42 Å². The normalized spacial score (nSPS) is 19.4. The van der Waals surface area contributed by atoms with Gasteiger partial charge in [-0.2, -0.15) is 0 Å². The Balaban J connectivity index is 1.46. The van der Waals surface area contributed by atoms with E-state index >= 15 is 0 Å². The number of anilines is 1. The van der Waals surface area contributed by atoms with E-state index in [1.54, 1.807) is 23.2 Å². The topological polar surface area (TPSA) is 74.7 Å². The van der Waals surface area contributed by atoms with Crippen LogP contribution in [0.5, 0.6) is 5.88 Å². The van der Waals surface area contributed by atoms with Crippen LogP contribution in [0.15, 0.2) is 48.7 Å². The third-order valence-corrected chi connectivity index (χ3v) is 4.76. The van der Waals surface area contributed by atoms with Crippen LogP contribution in [0.4, 0.5) is 10.5 Å². The maximum atomic E-state index is 12.3. The molecule has 2 aromatic rings. The fourth-order valence-corrected chi connectivity index (χ4v) is 3.10. The maximum Gasteiger partial charge on any atom is 0.321 e. The zero-order valence-corrected chi connectivity index (χ0v) is 15.0. The standard InChI is InChI=1S/C20H25N3O3/c1-15-12-23(13-17(15)14-24)20(25)22-18-7-8-19(21-11-18)26-10-9-16-5-3-2-4-6-16/h2-8,11,15,17,24H,9-10,12-14H2,1H3,(H,22,25)/t15-,17+/m1/s1. The third-order valence-electron chi connectivity index (χ3n) is 4.76. The van der Waals surface area contributed by atoms with Crippen molar-refractivity contribution in [1.82, 2.24) is 9.88 Å². The second-order valence-electron chi connectivity index (χ2n) is 6.72. The number of ether oxygens (including phenoxy) is 1. The highest BCUT2D eigenvalue weighted by Gasteiger charge is 2.31. The van der Waals surface area contributed by atoms with Gasteiger partial charge in [0.2, 0.25) is 5.88 Å². The van der Waals surface area contributed by atoms with Crippen LogP contribution in [0.2, 0.25) is 0 Å². The Morgan fingerprint density at radius 2 is 2.08 bits per heavy atom. The van der Waals surface area contributed by atoms with E-state index in [-0.39, 0.29) is 18.6 Å². The first-order chi connectivity index (χ1) is 12.7. The van der Waals surface area contributed by atoms with Crippen LogP contribution in [0.1, 0.15) is 12.5 Å². The number of nitrogens with one attached hydrogen (secondary N) is 1. The SMILES string of the molecule is C[C@@H]1CN(C(=O)Nc2ccc(OCCc3ccccc3)nc2)C[C@H]1CO. The van der Waals surface area contributed by atoms with E-state index in [4.69, 9.17) is 4.74 Å². The number of nitrogens with zero attached hydrogens (tertiary/aromatic N) is 2. The molecule has 2 amide bonds. The number of aliphatic hydroxyl groups excluding tert-OH is 1. The van der Waals surface area contributed by atoms with E-state index in [2.05, 4.69) is 29.4 Å². The number of hydrogen-bond donors (Lipinski definition) is 2. The summed E-state index contributed by atoms with van der Waals surface area (Å²) >= 11 is 0. The molecule has 1 aromatic carbocycles. The number of pyridine rings is 1. The van der Waals surface area contributed by atoms with Crippen molar-refractivity contribution in [1.29, 1.82) is 0 Å². The molecule has 0 bridgehead atoms.